The van der Waals surface area contributed by atoms with Crippen LogP contribution in [0.5, 0.6) is 5.75 Å². The van der Waals surface area contributed by atoms with E-state index in [0.717, 1.165) is 47.4 Å². The van der Waals surface area contributed by atoms with Gasteiger partial charge in [-0.1, -0.05) is 18.2 Å². The van der Waals surface area contributed by atoms with E-state index in [1.807, 2.05) is 76.9 Å². The zero-order valence-electron chi connectivity index (χ0n) is 23.3. The lowest BCUT2D eigenvalue weighted by Gasteiger charge is -2.30. The molecule has 2 aromatic carbocycles. The van der Waals surface area contributed by atoms with Gasteiger partial charge in [-0.05, 0) is 63.1 Å². The van der Waals surface area contributed by atoms with Crippen molar-refractivity contribution in [3.8, 4) is 5.75 Å². The molecular formula is C30H40N4O4. The molecule has 2 heterocycles. The SMILES string of the molecule is CCOc1ccc2c(c1)cc(C(=O)N1CCN(C(C)C)CCCN(C(=O)COC)c3ccccc3C1)n2C. The maximum absolute atomic E-state index is 14.1. The molecule has 0 unspecified atom stereocenters. The second-order valence-corrected chi connectivity index (χ2v) is 10.1. The molecule has 1 aliphatic rings. The van der Waals surface area contributed by atoms with E-state index in [1.165, 1.54) is 7.11 Å². The number of methoxy groups -OCH3 is 1. The van der Waals surface area contributed by atoms with Gasteiger partial charge in [0.2, 0.25) is 0 Å². The van der Waals surface area contributed by atoms with Crippen LogP contribution in [-0.4, -0.2) is 78.7 Å². The Balaban J connectivity index is 1.73. The van der Waals surface area contributed by atoms with Gasteiger partial charge < -0.3 is 23.8 Å². The number of aryl methyl sites for hydroxylation is 1. The molecule has 0 atom stereocenters. The number of hydrogen-bond acceptors (Lipinski definition) is 5. The van der Waals surface area contributed by atoms with E-state index in [2.05, 4.69) is 18.7 Å². The summed E-state index contributed by atoms with van der Waals surface area (Å²) in [5.74, 6) is 0.684. The highest BCUT2D eigenvalue weighted by Gasteiger charge is 2.26. The van der Waals surface area contributed by atoms with Crippen molar-refractivity contribution in [2.24, 2.45) is 7.05 Å². The summed E-state index contributed by atoms with van der Waals surface area (Å²) in [6.45, 7) is 10.1. The molecule has 0 saturated carbocycles. The second-order valence-electron chi connectivity index (χ2n) is 10.1. The van der Waals surface area contributed by atoms with Gasteiger partial charge in [0, 0.05) is 69.5 Å². The Morgan fingerprint density at radius 1 is 1.00 bits per heavy atom. The van der Waals surface area contributed by atoms with E-state index in [9.17, 15) is 9.59 Å². The van der Waals surface area contributed by atoms with E-state index in [1.54, 1.807) is 0 Å². The molecule has 0 fully saturated rings. The smallest absolute Gasteiger partial charge is 0.270 e. The highest BCUT2D eigenvalue weighted by molar-refractivity contribution is 5.99. The van der Waals surface area contributed by atoms with Crippen LogP contribution < -0.4 is 9.64 Å². The maximum Gasteiger partial charge on any atom is 0.270 e. The van der Waals surface area contributed by atoms with Crippen LogP contribution in [0.3, 0.4) is 0 Å². The van der Waals surface area contributed by atoms with Crippen molar-refractivity contribution in [2.45, 2.75) is 39.8 Å². The summed E-state index contributed by atoms with van der Waals surface area (Å²) >= 11 is 0. The molecule has 204 valence electrons. The highest BCUT2D eigenvalue weighted by Crippen LogP contribution is 2.27. The lowest BCUT2D eigenvalue weighted by molar-refractivity contribution is -0.122. The number of fused-ring (bicyclic) bond motifs is 2. The van der Waals surface area contributed by atoms with Crippen LogP contribution in [0.15, 0.2) is 48.5 Å². The number of amides is 2. The lowest BCUT2D eigenvalue weighted by Crippen LogP contribution is -2.41. The third-order valence-electron chi connectivity index (χ3n) is 7.26. The van der Waals surface area contributed by atoms with Gasteiger partial charge in [0.15, 0.2) is 0 Å². The number of para-hydroxylation sites is 1. The molecule has 2 amide bonds. The summed E-state index contributed by atoms with van der Waals surface area (Å²) in [6, 6.07) is 16.1. The summed E-state index contributed by atoms with van der Waals surface area (Å²) in [4.78, 5) is 33.3. The predicted octanol–water partition coefficient (Wildman–Crippen LogP) is 4.31. The van der Waals surface area contributed by atoms with Crippen LogP contribution in [0.4, 0.5) is 5.69 Å². The zero-order chi connectivity index (χ0) is 27.2. The molecule has 0 aliphatic carbocycles. The van der Waals surface area contributed by atoms with Gasteiger partial charge in [-0.15, -0.1) is 0 Å². The molecule has 3 aromatic rings. The van der Waals surface area contributed by atoms with Gasteiger partial charge in [0.1, 0.15) is 18.1 Å². The Morgan fingerprint density at radius 2 is 1.79 bits per heavy atom. The van der Waals surface area contributed by atoms with Crippen molar-refractivity contribution in [3.05, 3.63) is 59.8 Å². The Bertz CT molecular complexity index is 1270. The number of aromatic nitrogens is 1. The second kappa shape index (κ2) is 12.5. The number of hydrogen-bond donors (Lipinski definition) is 0. The first-order valence-electron chi connectivity index (χ1n) is 13.5. The van der Waals surface area contributed by atoms with Crippen LogP contribution in [0, 0.1) is 0 Å². The summed E-state index contributed by atoms with van der Waals surface area (Å²) in [7, 11) is 3.47. The van der Waals surface area contributed by atoms with Crippen LogP contribution >= 0.6 is 0 Å². The molecule has 4 rings (SSSR count). The quantitative estimate of drug-likeness (QED) is 0.485. The number of carbonyl (C=O) groups excluding carboxylic acids is 2. The number of carbonyl (C=O) groups is 2. The van der Waals surface area contributed by atoms with Gasteiger partial charge in [-0.25, -0.2) is 0 Å². The summed E-state index contributed by atoms with van der Waals surface area (Å²) < 4.78 is 12.8. The molecule has 1 aliphatic heterocycles. The van der Waals surface area contributed by atoms with E-state index in [4.69, 9.17) is 9.47 Å². The largest absolute Gasteiger partial charge is 0.494 e. The molecule has 0 spiro atoms. The standard InChI is InChI=1S/C30H40N4O4/c1-6-38-25-12-13-26-24(18-25)19-28(31(26)4)30(36)33-17-16-32(22(2)3)14-9-15-34(29(35)21-37-5)27-11-8-7-10-23(27)20-33/h7-8,10-13,18-19,22H,6,9,14-17,20-21H2,1-5H3. The summed E-state index contributed by atoms with van der Waals surface area (Å²) in [5, 5.41) is 0.972. The van der Waals surface area contributed by atoms with Gasteiger partial charge in [0.25, 0.3) is 11.8 Å². The number of benzene rings is 2. The average Bonchev–Trinajstić information content (AvgIpc) is 3.21. The van der Waals surface area contributed by atoms with Crippen LogP contribution in [0.2, 0.25) is 0 Å². The number of anilines is 1. The Kier molecular flexibility index (Phi) is 9.07. The van der Waals surface area contributed by atoms with Crippen molar-refractivity contribution in [2.75, 3.05) is 51.4 Å². The fourth-order valence-electron chi connectivity index (χ4n) is 5.21. The minimum absolute atomic E-state index is 0.0184. The number of nitrogens with zero attached hydrogens (tertiary/aromatic N) is 4. The average molecular weight is 521 g/mol. The van der Waals surface area contributed by atoms with Crippen molar-refractivity contribution in [1.82, 2.24) is 14.4 Å². The molecule has 38 heavy (non-hydrogen) atoms. The number of ether oxygens (including phenoxy) is 2. The molecule has 0 saturated heterocycles. The molecule has 8 nitrogen and oxygen atoms in total. The molecule has 8 heteroatoms. The molecule has 1 aromatic heterocycles. The normalized spacial score (nSPS) is 15.4. The van der Waals surface area contributed by atoms with Crippen LogP contribution in [-0.2, 0) is 23.1 Å². The Hall–Kier alpha value is -3.36. The first-order chi connectivity index (χ1) is 18.3. The topological polar surface area (TPSA) is 67.2 Å². The lowest BCUT2D eigenvalue weighted by atomic mass is 10.1. The third-order valence-corrected chi connectivity index (χ3v) is 7.26. The van der Waals surface area contributed by atoms with E-state index >= 15 is 0 Å². The van der Waals surface area contributed by atoms with Crippen molar-refractivity contribution in [1.29, 1.82) is 0 Å². The summed E-state index contributed by atoms with van der Waals surface area (Å²) in [5.41, 5.74) is 3.39. The first kappa shape index (κ1) is 27.7. The molecule has 0 bridgehead atoms. The first-order valence-corrected chi connectivity index (χ1v) is 13.5. The van der Waals surface area contributed by atoms with E-state index in [0.29, 0.717) is 38.0 Å². The third kappa shape index (κ3) is 6.03. The van der Waals surface area contributed by atoms with Crippen molar-refractivity contribution < 1.29 is 19.1 Å². The fourth-order valence-corrected chi connectivity index (χ4v) is 5.21. The van der Waals surface area contributed by atoms with Crippen molar-refractivity contribution >= 4 is 28.4 Å². The maximum atomic E-state index is 14.1. The van der Waals surface area contributed by atoms with Crippen molar-refractivity contribution in [3.63, 3.8) is 0 Å². The fraction of sp³-hybridized carbons (Fsp3) is 0.467. The molecule has 0 radical (unpaired) electrons. The monoisotopic (exact) mass is 520 g/mol. The summed E-state index contributed by atoms with van der Waals surface area (Å²) in [6.07, 6.45) is 0.835. The van der Waals surface area contributed by atoms with Gasteiger partial charge >= 0.3 is 0 Å². The molecule has 0 N–H and O–H groups in total. The zero-order valence-corrected chi connectivity index (χ0v) is 23.3. The highest BCUT2D eigenvalue weighted by atomic mass is 16.5. The van der Waals surface area contributed by atoms with Crippen LogP contribution in [0.1, 0.15) is 43.2 Å². The molecular weight excluding hydrogens is 480 g/mol. The minimum atomic E-state index is -0.0769. The minimum Gasteiger partial charge on any atom is -0.494 e. The predicted molar refractivity (Wildman–Crippen MR) is 151 cm³/mol. The van der Waals surface area contributed by atoms with Gasteiger partial charge in [-0.2, -0.15) is 0 Å². The van der Waals surface area contributed by atoms with Gasteiger partial charge in [0.05, 0.1) is 6.61 Å². The van der Waals surface area contributed by atoms with Crippen LogP contribution in [0.25, 0.3) is 10.9 Å². The van der Waals surface area contributed by atoms with E-state index in [-0.39, 0.29) is 18.4 Å². The number of rotatable bonds is 6. The Morgan fingerprint density at radius 3 is 2.53 bits per heavy atom. The Labute approximate surface area is 225 Å². The van der Waals surface area contributed by atoms with E-state index < -0.39 is 0 Å². The van der Waals surface area contributed by atoms with Gasteiger partial charge in [-0.3, -0.25) is 14.5 Å².